The van der Waals surface area contributed by atoms with E-state index < -0.39 is 29.7 Å². The Morgan fingerprint density at radius 1 is 1.06 bits per heavy atom. The van der Waals surface area contributed by atoms with Crippen LogP contribution in [0.1, 0.15) is 57.8 Å². The van der Waals surface area contributed by atoms with Gasteiger partial charge in [-0.2, -0.15) is 0 Å². The summed E-state index contributed by atoms with van der Waals surface area (Å²) in [6.07, 6.45) is 10.7. The highest BCUT2D eigenvalue weighted by Crippen LogP contribution is 2.27. The van der Waals surface area contributed by atoms with E-state index in [4.69, 9.17) is 0 Å². The van der Waals surface area contributed by atoms with Crippen LogP contribution in [0.3, 0.4) is 0 Å². The van der Waals surface area contributed by atoms with Gasteiger partial charge in [-0.3, -0.25) is 19.2 Å². The van der Waals surface area contributed by atoms with Gasteiger partial charge < -0.3 is 20.9 Å². The molecule has 2 aliphatic heterocycles. The molecule has 2 rings (SSSR count). The molecule has 32 heavy (non-hydrogen) atoms. The summed E-state index contributed by atoms with van der Waals surface area (Å²) in [4.78, 5) is 53.2. The van der Waals surface area contributed by atoms with Crippen LogP contribution >= 0.6 is 0 Å². The van der Waals surface area contributed by atoms with Crippen LogP contribution in [0.15, 0.2) is 25.3 Å². The van der Waals surface area contributed by atoms with Crippen molar-refractivity contribution >= 4 is 23.5 Å². The zero-order valence-corrected chi connectivity index (χ0v) is 19.2. The standard InChI is InChI=1S/C24H38N4O4/c1-4-15-26-23(31)21(29)18-12-10-8-6-7-9-11-13-19(25-3)24(32)28-16-14-17(5-2)20(28)22(30)27-18/h4-5,17-20,25H,1-2,6-16H2,3H3,(H,26,31)(H,27,30)/t17-,18-,19-,20?/m0/s1. The van der Waals surface area contributed by atoms with Crippen molar-refractivity contribution in [3.8, 4) is 0 Å². The first-order valence-electron chi connectivity index (χ1n) is 11.8. The van der Waals surface area contributed by atoms with Gasteiger partial charge in [0, 0.05) is 19.0 Å². The van der Waals surface area contributed by atoms with Crippen molar-refractivity contribution in [2.24, 2.45) is 5.92 Å². The Bertz CT molecular complexity index is 708. The maximum Gasteiger partial charge on any atom is 0.289 e. The third-order valence-electron chi connectivity index (χ3n) is 6.45. The second-order valence-corrected chi connectivity index (χ2v) is 8.63. The third kappa shape index (κ3) is 6.76. The SMILES string of the molecule is C=CCNC(=O)C(=O)[C@@H]1CCCCCCCC[C@H](NC)C(=O)N2CC[C@H](C=C)C2C(=O)N1. The normalized spacial score (nSPS) is 28.0. The van der Waals surface area contributed by atoms with Crippen molar-refractivity contribution in [3.05, 3.63) is 25.3 Å². The number of amides is 3. The van der Waals surface area contributed by atoms with Gasteiger partial charge in [-0.05, 0) is 26.3 Å². The molecule has 0 aromatic carbocycles. The topological polar surface area (TPSA) is 108 Å². The lowest BCUT2D eigenvalue weighted by atomic mass is 9.97. The molecule has 4 atom stereocenters. The minimum atomic E-state index is -0.916. The van der Waals surface area contributed by atoms with E-state index in [0.717, 1.165) is 44.9 Å². The Morgan fingerprint density at radius 3 is 2.34 bits per heavy atom. The molecule has 2 saturated heterocycles. The molecule has 0 radical (unpaired) electrons. The number of nitrogens with zero attached hydrogens (tertiary/aromatic N) is 1. The average Bonchev–Trinajstić information content (AvgIpc) is 3.23. The predicted molar refractivity (Wildman–Crippen MR) is 124 cm³/mol. The first-order chi connectivity index (χ1) is 15.4. The van der Waals surface area contributed by atoms with Crippen LogP contribution in [0.25, 0.3) is 0 Å². The van der Waals surface area contributed by atoms with E-state index in [1.165, 1.54) is 6.08 Å². The largest absolute Gasteiger partial charge is 0.346 e. The van der Waals surface area contributed by atoms with Gasteiger partial charge in [0.1, 0.15) is 6.04 Å². The molecule has 8 heteroatoms. The third-order valence-corrected chi connectivity index (χ3v) is 6.45. The number of rotatable bonds is 6. The number of nitrogens with one attached hydrogen (secondary N) is 3. The molecule has 2 heterocycles. The molecule has 0 aromatic heterocycles. The van der Waals surface area contributed by atoms with Crippen LogP contribution < -0.4 is 16.0 Å². The molecule has 0 aromatic rings. The number of carbonyl (C=O) groups is 4. The van der Waals surface area contributed by atoms with Gasteiger partial charge in [0.05, 0.1) is 12.1 Å². The van der Waals surface area contributed by atoms with Gasteiger partial charge in [-0.1, -0.05) is 50.7 Å². The molecule has 8 nitrogen and oxygen atoms in total. The van der Waals surface area contributed by atoms with Crippen LogP contribution in [0.5, 0.6) is 0 Å². The molecule has 3 amide bonds. The summed E-state index contributed by atoms with van der Waals surface area (Å²) in [5, 5.41) is 8.40. The zero-order valence-electron chi connectivity index (χ0n) is 19.2. The van der Waals surface area contributed by atoms with Crippen LogP contribution in [0.2, 0.25) is 0 Å². The number of ketones is 1. The highest BCUT2D eigenvalue weighted by Gasteiger charge is 2.43. The van der Waals surface area contributed by atoms with Crippen molar-refractivity contribution in [2.75, 3.05) is 20.1 Å². The van der Waals surface area contributed by atoms with E-state index >= 15 is 0 Å². The quantitative estimate of drug-likeness (QED) is 0.423. The maximum atomic E-state index is 13.3. The maximum absolute atomic E-state index is 13.3. The van der Waals surface area contributed by atoms with Crippen molar-refractivity contribution < 1.29 is 19.2 Å². The molecule has 2 fully saturated rings. The summed E-state index contributed by atoms with van der Waals surface area (Å²) in [7, 11) is 1.77. The van der Waals surface area contributed by atoms with E-state index in [-0.39, 0.29) is 24.4 Å². The minimum absolute atomic E-state index is 0.0986. The number of carbonyl (C=O) groups excluding carboxylic acids is 4. The molecule has 0 spiro atoms. The molecular weight excluding hydrogens is 408 g/mol. The first-order valence-corrected chi connectivity index (χ1v) is 11.8. The Morgan fingerprint density at radius 2 is 1.72 bits per heavy atom. The van der Waals surface area contributed by atoms with Crippen LogP contribution in [0, 0.1) is 5.92 Å². The minimum Gasteiger partial charge on any atom is -0.346 e. The number of fused-ring (bicyclic) bond motifs is 1. The highest BCUT2D eigenvalue weighted by molar-refractivity contribution is 6.38. The lowest BCUT2D eigenvalue weighted by molar-refractivity contribution is -0.143. The molecule has 0 bridgehead atoms. The van der Waals surface area contributed by atoms with Crippen molar-refractivity contribution in [1.29, 1.82) is 0 Å². The van der Waals surface area contributed by atoms with Gasteiger partial charge in [0.15, 0.2) is 0 Å². The number of Topliss-reactive ketones (excluding diaryl/α,β-unsaturated/α-hetero) is 1. The second kappa shape index (κ2) is 13.2. The lowest BCUT2D eigenvalue weighted by Gasteiger charge is -2.30. The van der Waals surface area contributed by atoms with Crippen molar-refractivity contribution in [1.82, 2.24) is 20.9 Å². The van der Waals surface area contributed by atoms with Crippen LogP contribution in [0.4, 0.5) is 0 Å². The van der Waals surface area contributed by atoms with Crippen LogP contribution in [-0.4, -0.2) is 66.7 Å². The number of hydrogen-bond donors (Lipinski definition) is 3. The van der Waals surface area contributed by atoms with Gasteiger partial charge >= 0.3 is 0 Å². The fraction of sp³-hybridized carbons (Fsp3) is 0.667. The Balaban J connectivity index is 2.27. The van der Waals surface area contributed by atoms with Gasteiger partial charge in [0.25, 0.3) is 5.91 Å². The van der Waals surface area contributed by atoms with Crippen molar-refractivity contribution in [3.63, 3.8) is 0 Å². The van der Waals surface area contributed by atoms with E-state index in [0.29, 0.717) is 19.4 Å². The molecule has 3 N–H and O–H groups in total. The van der Waals surface area contributed by atoms with E-state index in [1.54, 1.807) is 18.0 Å². The summed E-state index contributed by atoms with van der Waals surface area (Å²) in [6.45, 7) is 8.02. The lowest BCUT2D eigenvalue weighted by Crippen LogP contribution is -2.56. The molecule has 178 valence electrons. The summed E-state index contributed by atoms with van der Waals surface area (Å²) in [5.74, 6) is -2.09. The Hall–Kier alpha value is -2.48. The molecule has 2 aliphatic rings. The van der Waals surface area contributed by atoms with Gasteiger partial charge in [0.2, 0.25) is 17.6 Å². The Kier molecular flexibility index (Phi) is 10.6. The van der Waals surface area contributed by atoms with E-state index in [1.807, 2.05) is 0 Å². The van der Waals surface area contributed by atoms with Crippen LogP contribution in [-0.2, 0) is 19.2 Å². The molecule has 1 unspecified atom stereocenters. The number of likely N-dealkylation sites (N-methyl/N-ethyl adjacent to an activating group) is 1. The fourth-order valence-corrected chi connectivity index (χ4v) is 4.58. The van der Waals surface area contributed by atoms with E-state index in [9.17, 15) is 19.2 Å². The molecule has 0 aliphatic carbocycles. The Labute approximate surface area is 191 Å². The fourth-order valence-electron chi connectivity index (χ4n) is 4.58. The summed E-state index contributed by atoms with van der Waals surface area (Å²) >= 11 is 0. The van der Waals surface area contributed by atoms with E-state index in [2.05, 4.69) is 29.1 Å². The molecule has 0 saturated carbocycles. The number of hydrogen-bond acceptors (Lipinski definition) is 5. The van der Waals surface area contributed by atoms with Gasteiger partial charge in [-0.15, -0.1) is 13.2 Å². The zero-order chi connectivity index (χ0) is 23.5. The summed E-state index contributed by atoms with van der Waals surface area (Å²) in [5.41, 5.74) is 0. The first kappa shape index (κ1) is 25.8. The second-order valence-electron chi connectivity index (χ2n) is 8.63. The monoisotopic (exact) mass is 446 g/mol. The summed E-state index contributed by atoms with van der Waals surface area (Å²) in [6, 6.07) is -1.99. The predicted octanol–water partition coefficient (Wildman–Crippen LogP) is 1.47. The molecular formula is C24H38N4O4. The smallest absolute Gasteiger partial charge is 0.289 e. The summed E-state index contributed by atoms with van der Waals surface area (Å²) < 4.78 is 0. The van der Waals surface area contributed by atoms with Gasteiger partial charge in [-0.25, -0.2) is 0 Å². The van der Waals surface area contributed by atoms with Crippen molar-refractivity contribution in [2.45, 2.75) is 75.9 Å². The highest BCUT2D eigenvalue weighted by atomic mass is 16.2. The average molecular weight is 447 g/mol.